The molecule has 0 atom stereocenters. The molecule has 0 unspecified atom stereocenters. The van der Waals surface area contributed by atoms with Crippen LogP contribution in [0.5, 0.6) is 5.75 Å². The lowest BCUT2D eigenvalue weighted by molar-refractivity contribution is -0.123. The highest BCUT2D eigenvalue weighted by Gasteiger charge is 2.27. The molecule has 1 aromatic carbocycles. The number of amides is 2. The first-order chi connectivity index (χ1) is 12.2. The van der Waals surface area contributed by atoms with Crippen LogP contribution in [0.15, 0.2) is 30.1 Å². The highest BCUT2D eigenvalue weighted by Crippen LogP contribution is 2.24. The lowest BCUT2D eigenvalue weighted by Gasteiger charge is -2.30. The van der Waals surface area contributed by atoms with Gasteiger partial charge in [0.05, 0.1) is 12.9 Å². The second kappa shape index (κ2) is 8.31. The van der Waals surface area contributed by atoms with Gasteiger partial charge in [0, 0.05) is 29.8 Å². The minimum Gasteiger partial charge on any atom is -0.489 e. The number of hydrogen-bond donors (Lipinski definition) is 2. The number of nitrogens with zero attached hydrogens (tertiary/aromatic N) is 1. The molecule has 0 aliphatic carbocycles. The van der Waals surface area contributed by atoms with E-state index in [1.165, 1.54) is 0 Å². The van der Waals surface area contributed by atoms with E-state index in [0.29, 0.717) is 36.2 Å². The van der Waals surface area contributed by atoms with E-state index in [4.69, 9.17) is 10.5 Å². The van der Waals surface area contributed by atoms with Crippen molar-refractivity contribution in [3.05, 3.63) is 41.2 Å². The Balaban J connectivity index is 2.03. The zero-order chi connectivity index (χ0) is 19.3. The number of nitrogens with two attached hydrogens (primary N) is 1. The summed E-state index contributed by atoms with van der Waals surface area (Å²) in [5, 5.41) is 2.86. The average molecular weight is 363 g/mol. The molecule has 7 heteroatoms. The van der Waals surface area contributed by atoms with E-state index >= 15 is 0 Å². The Morgan fingerprint density at radius 2 is 2.15 bits per heavy atom. The third kappa shape index (κ3) is 5.29. The van der Waals surface area contributed by atoms with Gasteiger partial charge in [-0.1, -0.05) is 0 Å². The van der Waals surface area contributed by atoms with Crippen LogP contribution in [-0.2, 0) is 11.2 Å². The molecular formula is C19H26FN3O3. The Morgan fingerprint density at radius 1 is 1.42 bits per heavy atom. The molecule has 3 N–H and O–H groups in total. The number of ether oxygens (including phenoxy) is 1. The molecule has 1 aromatic rings. The Bertz CT molecular complexity index is 710. The summed E-state index contributed by atoms with van der Waals surface area (Å²) in [6, 6.07) is 5.14. The van der Waals surface area contributed by atoms with Gasteiger partial charge in [-0.15, -0.1) is 0 Å². The summed E-state index contributed by atoms with van der Waals surface area (Å²) in [7, 11) is 0. The number of hydrogen-bond acceptors (Lipinski definition) is 4. The van der Waals surface area contributed by atoms with E-state index in [1.54, 1.807) is 23.1 Å². The molecule has 0 aromatic heterocycles. The molecule has 142 valence electrons. The fraction of sp³-hybridized carbons (Fsp3) is 0.474. The maximum atomic E-state index is 12.6. The quantitative estimate of drug-likeness (QED) is 0.807. The van der Waals surface area contributed by atoms with Crippen LogP contribution in [0.4, 0.5) is 4.39 Å². The first kappa shape index (κ1) is 19.9. The lowest BCUT2D eigenvalue weighted by Crippen LogP contribution is -2.48. The summed E-state index contributed by atoms with van der Waals surface area (Å²) in [5.74, 6) is 0.206. The second-order valence-corrected chi connectivity index (χ2v) is 7.35. The standard InChI is InChI=1S/C19H26FN3O3/c1-19(2,3)22-17(24)11-23-7-6-14-8-15(4-5-16(14)18(23)25)26-12-13(9-20)10-21/h4-5,8-9H,6-7,10-12,21H2,1-3H3,(H,22,24)/b13-9+. The van der Waals surface area contributed by atoms with Gasteiger partial charge in [0.15, 0.2) is 0 Å². The maximum absolute atomic E-state index is 12.6. The van der Waals surface area contributed by atoms with Crippen LogP contribution in [0.3, 0.4) is 0 Å². The monoisotopic (exact) mass is 363 g/mol. The van der Waals surface area contributed by atoms with E-state index in [-0.39, 0.29) is 37.0 Å². The maximum Gasteiger partial charge on any atom is 0.254 e. The zero-order valence-corrected chi connectivity index (χ0v) is 15.5. The summed E-state index contributed by atoms with van der Waals surface area (Å²) in [6.07, 6.45) is 1.08. The van der Waals surface area contributed by atoms with E-state index in [0.717, 1.165) is 5.56 Å². The number of nitrogens with one attached hydrogen (secondary N) is 1. The van der Waals surface area contributed by atoms with Gasteiger partial charge in [-0.05, 0) is 51.0 Å². The van der Waals surface area contributed by atoms with E-state index < -0.39 is 0 Å². The molecule has 2 amide bonds. The van der Waals surface area contributed by atoms with Crippen LogP contribution in [0, 0.1) is 0 Å². The summed E-state index contributed by atoms with van der Waals surface area (Å²) in [6.45, 7) is 6.35. The van der Waals surface area contributed by atoms with Gasteiger partial charge in [0.2, 0.25) is 5.91 Å². The molecule has 0 spiro atoms. The number of carbonyl (C=O) groups is 2. The van der Waals surface area contributed by atoms with Crippen molar-refractivity contribution in [1.82, 2.24) is 10.2 Å². The smallest absolute Gasteiger partial charge is 0.254 e. The minimum absolute atomic E-state index is 0.0367. The number of halogens is 1. The summed E-state index contributed by atoms with van der Waals surface area (Å²) >= 11 is 0. The molecule has 1 aliphatic heterocycles. The van der Waals surface area contributed by atoms with Gasteiger partial charge in [-0.3, -0.25) is 9.59 Å². The lowest BCUT2D eigenvalue weighted by atomic mass is 9.98. The molecule has 1 aliphatic rings. The summed E-state index contributed by atoms with van der Waals surface area (Å²) in [4.78, 5) is 26.2. The van der Waals surface area contributed by atoms with Gasteiger partial charge in [-0.2, -0.15) is 0 Å². The Labute approximate surface area is 153 Å². The van der Waals surface area contributed by atoms with E-state index in [1.807, 2.05) is 20.8 Å². The third-order valence-corrected chi connectivity index (χ3v) is 3.93. The summed E-state index contributed by atoms with van der Waals surface area (Å²) in [5.41, 5.74) is 6.84. The first-order valence-electron chi connectivity index (χ1n) is 8.57. The van der Waals surface area contributed by atoms with Crippen LogP contribution in [0.25, 0.3) is 0 Å². The van der Waals surface area contributed by atoms with Gasteiger partial charge < -0.3 is 20.7 Å². The SMILES string of the molecule is CC(C)(C)NC(=O)CN1CCc2cc(OC/C(=C/F)CN)ccc2C1=O. The normalized spacial score (nSPS) is 14.9. The fourth-order valence-corrected chi connectivity index (χ4v) is 2.70. The Morgan fingerprint density at radius 3 is 2.77 bits per heavy atom. The highest BCUT2D eigenvalue weighted by molar-refractivity contribution is 5.99. The van der Waals surface area contributed by atoms with Crippen LogP contribution in [0.1, 0.15) is 36.7 Å². The number of carbonyl (C=O) groups excluding carboxylic acids is 2. The molecule has 0 saturated carbocycles. The van der Waals surface area contributed by atoms with Gasteiger partial charge >= 0.3 is 0 Å². The second-order valence-electron chi connectivity index (χ2n) is 7.35. The van der Waals surface area contributed by atoms with Crippen molar-refractivity contribution in [3.63, 3.8) is 0 Å². The van der Waals surface area contributed by atoms with Gasteiger partial charge in [0.1, 0.15) is 12.4 Å². The first-order valence-corrected chi connectivity index (χ1v) is 8.57. The molecule has 0 bridgehead atoms. The van der Waals surface area contributed by atoms with Crippen molar-refractivity contribution in [1.29, 1.82) is 0 Å². The third-order valence-electron chi connectivity index (χ3n) is 3.93. The molecular weight excluding hydrogens is 337 g/mol. The van der Waals surface area contributed by atoms with Gasteiger partial charge in [0.25, 0.3) is 5.91 Å². The van der Waals surface area contributed by atoms with Gasteiger partial charge in [-0.25, -0.2) is 4.39 Å². The summed E-state index contributed by atoms with van der Waals surface area (Å²) < 4.78 is 18.1. The van der Waals surface area contributed by atoms with Crippen molar-refractivity contribution < 1.29 is 18.7 Å². The Kier molecular flexibility index (Phi) is 6.37. The topological polar surface area (TPSA) is 84.7 Å². The van der Waals surface area contributed by atoms with Crippen molar-refractivity contribution in [2.45, 2.75) is 32.7 Å². The predicted molar refractivity (Wildman–Crippen MR) is 97.7 cm³/mol. The number of fused-ring (bicyclic) bond motifs is 1. The van der Waals surface area contributed by atoms with Crippen LogP contribution in [-0.4, -0.2) is 48.5 Å². The van der Waals surface area contributed by atoms with Crippen LogP contribution >= 0.6 is 0 Å². The molecule has 26 heavy (non-hydrogen) atoms. The fourth-order valence-electron chi connectivity index (χ4n) is 2.70. The van der Waals surface area contributed by atoms with Crippen LogP contribution in [0.2, 0.25) is 0 Å². The van der Waals surface area contributed by atoms with E-state index in [9.17, 15) is 14.0 Å². The number of benzene rings is 1. The molecule has 0 saturated heterocycles. The van der Waals surface area contributed by atoms with Crippen molar-refractivity contribution in [2.24, 2.45) is 5.73 Å². The number of rotatable bonds is 6. The molecule has 0 radical (unpaired) electrons. The van der Waals surface area contributed by atoms with Crippen LogP contribution < -0.4 is 15.8 Å². The molecule has 0 fully saturated rings. The van der Waals surface area contributed by atoms with Crippen molar-refractivity contribution >= 4 is 11.8 Å². The van der Waals surface area contributed by atoms with Crippen molar-refractivity contribution in [3.8, 4) is 5.75 Å². The zero-order valence-electron chi connectivity index (χ0n) is 15.5. The molecule has 2 rings (SSSR count). The Hall–Kier alpha value is -2.41. The predicted octanol–water partition coefficient (Wildman–Crippen LogP) is 1.79. The minimum atomic E-state index is -0.337. The largest absolute Gasteiger partial charge is 0.489 e. The van der Waals surface area contributed by atoms with E-state index in [2.05, 4.69) is 5.32 Å². The molecule has 6 nitrogen and oxygen atoms in total. The highest BCUT2D eigenvalue weighted by atomic mass is 19.1. The average Bonchev–Trinajstić information content (AvgIpc) is 2.56. The molecule has 1 heterocycles. The van der Waals surface area contributed by atoms with Crippen molar-refractivity contribution in [2.75, 3.05) is 26.2 Å².